The maximum absolute atomic E-state index is 6.31. The smallest absolute Gasteiger partial charge is 0.00705 e. The Morgan fingerprint density at radius 3 is 2.61 bits per heavy atom. The molecule has 1 aromatic rings. The van der Waals surface area contributed by atoms with Crippen molar-refractivity contribution in [3.8, 4) is 0 Å². The maximum atomic E-state index is 6.31. The van der Waals surface area contributed by atoms with E-state index in [-0.39, 0.29) is 0 Å². The molecular weight excluding hydrogens is 218 g/mol. The second kappa shape index (κ2) is 5.88. The van der Waals surface area contributed by atoms with Crippen LogP contribution in [0.15, 0.2) is 18.2 Å². The molecule has 1 heteroatoms. The highest BCUT2D eigenvalue weighted by atomic mass is 14.7. The fourth-order valence-electron chi connectivity index (χ4n) is 3.22. The second-order valence-electron chi connectivity index (χ2n) is 6.13. The Hall–Kier alpha value is -0.820. The lowest BCUT2D eigenvalue weighted by Crippen LogP contribution is -2.37. The highest BCUT2D eigenvalue weighted by Gasteiger charge is 2.27. The number of aryl methyl sites for hydroxylation is 2. The largest absolute Gasteiger partial charge is 0.327 e. The maximum Gasteiger partial charge on any atom is 0.00705 e. The predicted molar refractivity (Wildman–Crippen MR) is 78.7 cm³/mol. The Morgan fingerprint density at radius 1 is 1.17 bits per heavy atom. The van der Waals surface area contributed by atoms with Gasteiger partial charge in [-0.15, -0.1) is 0 Å². The van der Waals surface area contributed by atoms with Gasteiger partial charge in [0.1, 0.15) is 0 Å². The van der Waals surface area contributed by atoms with E-state index in [1.807, 2.05) is 0 Å². The third kappa shape index (κ3) is 3.14. The van der Waals surface area contributed by atoms with Crippen LogP contribution in [0.3, 0.4) is 0 Å². The molecule has 1 aromatic carbocycles. The summed E-state index contributed by atoms with van der Waals surface area (Å²) in [6.45, 7) is 6.70. The molecule has 0 bridgehead atoms. The van der Waals surface area contributed by atoms with Crippen LogP contribution >= 0.6 is 0 Å². The molecule has 3 unspecified atom stereocenters. The highest BCUT2D eigenvalue weighted by Crippen LogP contribution is 2.32. The first kappa shape index (κ1) is 13.6. The summed E-state index contributed by atoms with van der Waals surface area (Å²) in [5, 5.41) is 0. The lowest BCUT2D eigenvalue weighted by atomic mass is 9.75. The molecule has 0 spiro atoms. The van der Waals surface area contributed by atoms with Crippen LogP contribution in [0.2, 0.25) is 0 Å². The Kier molecular flexibility index (Phi) is 4.45. The summed E-state index contributed by atoms with van der Waals surface area (Å²) in [5.74, 6) is 1.59. The Balaban J connectivity index is 2.04. The van der Waals surface area contributed by atoms with Gasteiger partial charge in [-0.1, -0.05) is 31.5 Å². The van der Waals surface area contributed by atoms with Crippen molar-refractivity contribution >= 4 is 0 Å². The Morgan fingerprint density at radius 2 is 1.94 bits per heavy atom. The van der Waals surface area contributed by atoms with E-state index in [1.165, 1.54) is 48.8 Å². The lowest BCUT2D eigenvalue weighted by molar-refractivity contribution is 0.227. The molecule has 3 atom stereocenters. The SMILES string of the molecule is CCC1CCC(N)C(Cc2ccc(C)c(C)c2)C1. The molecule has 2 N–H and O–H groups in total. The van der Waals surface area contributed by atoms with Crippen LogP contribution in [0.4, 0.5) is 0 Å². The molecule has 0 heterocycles. The number of benzene rings is 1. The minimum Gasteiger partial charge on any atom is -0.327 e. The zero-order valence-corrected chi connectivity index (χ0v) is 12.1. The number of nitrogens with two attached hydrogens (primary N) is 1. The van der Waals surface area contributed by atoms with Gasteiger partial charge < -0.3 is 5.73 Å². The van der Waals surface area contributed by atoms with Crippen molar-refractivity contribution in [2.45, 2.75) is 58.9 Å². The lowest BCUT2D eigenvalue weighted by Gasteiger charge is -2.34. The Bertz CT molecular complexity index is 397. The summed E-state index contributed by atoms with van der Waals surface area (Å²) >= 11 is 0. The van der Waals surface area contributed by atoms with Crippen molar-refractivity contribution in [1.82, 2.24) is 0 Å². The molecule has 1 nitrogen and oxygen atoms in total. The van der Waals surface area contributed by atoms with Crippen LogP contribution in [-0.2, 0) is 6.42 Å². The van der Waals surface area contributed by atoms with Gasteiger partial charge in [-0.05, 0) is 68.1 Å². The molecule has 0 saturated heterocycles. The van der Waals surface area contributed by atoms with Gasteiger partial charge in [0.05, 0.1) is 0 Å². The molecule has 1 aliphatic carbocycles. The third-order valence-corrected chi connectivity index (χ3v) is 4.80. The molecule has 0 aromatic heterocycles. The molecule has 2 rings (SSSR count). The average molecular weight is 245 g/mol. The van der Waals surface area contributed by atoms with Crippen LogP contribution in [0, 0.1) is 25.7 Å². The summed E-state index contributed by atoms with van der Waals surface area (Å²) in [5.41, 5.74) is 10.6. The molecule has 0 radical (unpaired) electrons. The minimum atomic E-state index is 0.411. The number of rotatable bonds is 3. The topological polar surface area (TPSA) is 26.0 Å². The molecule has 0 amide bonds. The normalized spacial score (nSPS) is 28.3. The molecular formula is C17H27N. The minimum absolute atomic E-state index is 0.411. The average Bonchev–Trinajstić information content (AvgIpc) is 2.36. The highest BCUT2D eigenvalue weighted by molar-refractivity contribution is 5.30. The monoisotopic (exact) mass is 245 g/mol. The molecule has 1 aliphatic rings. The standard InChI is InChI=1S/C17H27N/c1-4-14-7-8-17(18)16(10-14)11-15-6-5-12(2)13(3)9-15/h5-6,9,14,16-17H,4,7-8,10-11,18H2,1-3H3. The van der Waals surface area contributed by atoms with Gasteiger partial charge in [-0.25, -0.2) is 0 Å². The summed E-state index contributed by atoms with van der Waals surface area (Å²) in [4.78, 5) is 0. The van der Waals surface area contributed by atoms with E-state index in [1.54, 1.807) is 0 Å². The van der Waals surface area contributed by atoms with Crippen LogP contribution in [0.25, 0.3) is 0 Å². The van der Waals surface area contributed by atoms with Gasteiger partial charge in [0.25, 0.3) is 0 Å². The summed E-state index contributed by atoms with van der Waals surface area (Å²) in [7, 11) is 0. The first-order valence-electron chi connectivity index (χ1n) is 7.41. The molecule has 0 aliphatic heterocycles. The molecule has 1 fully saturated rings. The van der Waals surface area contributed by atoms with Crippen molar-refractivity contribution in [3.05, 3.63) is 34.9 Å². The first-order valence-corrected chi connectivity index (χ1v) is 7.41. The molecule has 100 valence electrons. The summed E-state index contributed by atoms with van der Waals surface area (Å²) in [6, 6.07) is 7.29. The van der Waals surface area contributed by atoms with E-state index in [0.717, 1.165) is 5.92 Å². The summed E-state index contributed by atoms with van der Waals surface area (Å²) in [6.07, 6.45) is 6.36. The zero-order chi connectivity index (χ0) is 13.1. The quantitative estimate of drug-likeness (QED) is 0.856. The van der Waals surface area contributed by atoms with Crippen molar-refractivity contribution in [2.24, 2.45) is 17.6 Å². The van der Waals surface area contributed by atoms with E-state index in [0.29, 0.717) is 12.0 Å². The van der Waals surface area contributed by atoms with Crippen LogP contribution in [0.5, 0.6) is 0 Å². The van der Waals surface area contributed by atoms with Crippen molar-refractivity contribution in [2.75, 3.05) is 0 Å². The van der Waals surface area contributed by atoms with E-state index in [4.69, 9.17) is 5.73 Å². The van der Waals surface area contributed by atoms with Crippen molar-refractivity contribution in [3.63, 3.8) is 0 Å². The van der Waals surface area contributed by atoms with Gasteiger partial charge in [-0.2, -0.15) is 0 Å². The van der Waals surface area contributed by atoms with E-state index < -0.39 is 0 Å². The van der Waals surface area contributed by atoms with Crippen LogP contribution in [0.1, 0.15) is 49.3 Å². The van der Waals surface area contributed by atoms with Crippen molar-refractivity contribution in [1.29, 1.82) is 0 Å². The van der Waals surface area contributed by atoms with E-state index >= 15 is 0 Å². The van der Waals surface area contributed by atoms with Crippen LogP contribution < -0.4 is 5.73 Å². The fraction of sp³-hybridized carbons (Fsp3) is 0.647. The van der Waals surface area contributed by atoms with Gasteiger partial charge in [0, 0.05) is 6.04 Å². The van der Waals surface area contributed by atoms with Crippen LogP contribution in [-0.4, -0.2) is 6.04 Å². The van der Waals surface area contributed by atoms with Gasteiger partial charge >= 0.3 is 0 Å². The third-order valence-electron chi connectivity index (χ3n) is 4.80. The number of hydrogen-bond donors (Lipinski definition) is 1. The van der Waals surface area contributed by atoms with E-state index in [9.17, 15) is 0 Å². The van der Waals surface area contributed by atoms with Gasteiger partial charge in [0.15, 0.2) is 0 Å². The fourth-order valence-corrected chi connectivity index (χ4v) is 3.22. The van der Waals surface area contributed by atoms with Gasteiger partial charge in [-0.3, -0.25) is 0 Å². The number of hydrogen-bond acceptors (Lipinski definition) is 1. The summed E-state index contributed by atoms with van der Waals surface area (Å²) < 4.78 is 0. The molecule has 1 saturated carbocycles. The van der Waals surface area contributed by atoms with Crippen molar-refractivity contribution < 1.29 is 0 Å². The first-order chi connectivity index (χ1) is 8.60. The zero-order valence-electron chi connectivity index (χ0n) is 12.1. The second-order valence-corrected chi connectivity index (χ2v) is 6.13. The van der Waals surface area contributed by atoms with E-state index in [2.05, 4.69) is 39.0 Å². The van der Waals surface area contributed by atoms with Gasteiger partial charge in [0.2, 0.25) is 0 Å². The molecule has 18 heavy (non-hydrogen) atoms. The Labute approximate surface area is 112 Å². The predicted octanol–water partition coefficient (Wildman–Crippen LogP) is 4.00.